The van der Waals surface area contributed by atoms with Gasteiger partial charge in [-0.25, -0.2) is 0 Å². The van der Waals surface area contributed by atoms with Crippen LogP contribution >= 0.6 is 0 Å². The molecule has 1 heterocycles. The number of hydrogen-bond donors (Lipinski definition) is 2. The van der Waals surface area contributed by atoms with Crippen LogP contribution in [0.2, 0.25) is 0 Å². The van der Waals surface area contributed by atoms with E-state index in [9.17, 15) is 0 Å². The quantitative estimate of drug-likeness (QED) is 0.681. The molecule has 92 valence electrons. The molecule has 1 aromatic rings. The molecule has 0 aliphatic rings. The first-order chi connectivity index (χ1) is 7.71. The van der Waals surface area contributed by atoms with E-state index < -0.39 is 0 Å². The summed E-state index contributed by atoms with van der Waals surface area (Å²) in [4.78, 5) is 2.27. The van der Waals surface area contributed by atoms with Crippen LogP contribution in [0.25, 0.3) is 0 Å². The van der Waals surface area contributed by atoms with E-state index in [0.717, 1.165) is 31.9 Å². The molecule has 5 heteroatoms. The van der Waals surface area contributed by atoms with E-state index in [1.807, 2.05) is 11.6 Å². The molecule has 16 heavy (non-hydrogen) atoms. The third-order valence-electron chi connectivity index (χ3n) is 2.56. The van der Waals surface area contributed by atoms with E-state index in [-0.39, 0.29) is 0 Å². The van der Waals surface area contributed by atoms with Gasteiger partial charge in [0.05, 0.1) is 11.4 Å². The van der Waals surface area contributed by atoms with Crippen LogP contribution in [0.15, 0.2) is 6.07 Å². The number of nitrogens with zero attached hydrogens (tertiary/aromatic N) is 3. The molecule has 0 saturated carbocycles. The Kier molecular flexibility index (Phi) is 5.45. The highest BCUT2D eigenvalue weighted by atomic mass is 15.3. The van der Waals surface area contributed by atoms with Crippen LogP contribution in [-0.4, -0.2) is 40.9 Å². The lowest BCUT2D eigenvalue weighted by atomic mass is 10.3. The summed E-state index contributed by atoms with van der Waals surface area (Å²) in [6.45, 7) is 9.00. The summed E-state index contributed by atoms with van der Waals surface area (Å²) in [5.41, 5.74) is 13.5. The molecule has 5 nitrogen and oxygen atoms in total. The molecule has 1 rings (SSSR count). The summed E-state index contributed by atoms with van der Waals surface area (Å²) in [6.07, 6.45) is 0. The van der Waals surface area contributed by atoms with Crippen molar-refractivity contribution in [1.82, 2.24) is 14.7 Å². The molecule has 4 N–H and O–H groups in total. The van der Waals surface area contributed by atoms with Crippen LogP contribution < -0.4 is 11.5 Å². The summed E-state index contributed by atoms with van der Waals surface area (Å²) >= 11 is 0. The summed E-state index contributed by atoms with van der Waals surface area (Å²) < 4.78 is 2.04. The van der Waals surface area contributed by atoms with Crippen LogP contribution in [0.5, 0.6) is 0 Å². The molecule has 0 fully saturated rings. The normalized spacial score (nSPS) is 11.3. The highest BCUT2D eigenvalue weighted by molar-refractivity contribution is 5.08. The van der Waals surface area contributed by atoms with E-state index in [2.05, 4.69) is 23.0 Å². The maximum absolute atomic E-state index is 5.58. The fourth-order valence-electron chi connectivity index (χ4n) is 1.86. The molecule has 0 spiro atoms. The van der Waals surface area contributed by atoms with Crippen molar-refractivity contribution in [2.24, 2.45) is 11.5 Å². The van der Waals surface area contributed by atoms with Gasteiger partial charge in [-0.1, -0.05) is 0 Å². The molecule has 0 aliphatic carbocycles. The zero-order valence-corrected chi connectivity index (χ0v) is 10.3. The molecule has 1 aromatic heterocycles. The molecular weight excluding hydrogens is 202 g/mol. The predicted molar refractivity (Wildman–Crippen MR) is 66.0 cm³/mol. The van der Waals surface area contributed by atoms with E-state index in [1.165, 1.54) is 5.69 Å². The van der Waals surface area contributed by atoms with Crippen LogP contribution in [0, 0.1) is 6.92 Å². The van der Waals surface area contributed by atoms with Gasteiger partial charge in [0.1, 0.15) is 0 Å². The molecule has 0 bridgehead atoms. The molecule has 0 atom stereocenters. The van der Waals surface area contributed by atoms with E-state index >= 15 is 0 Å². The van der Waals surface area contributed by atoms with Gasteiger partial charge in [0, 0.05) is 39.3 Å². The van der Waals surface area contributed by atoms with Crippen molar-refractivity contribution in [1.29, 1.82) is 0 Å². The maximum atomic E-state index is 5.58. The second-order valence-electron chi connectivity index (χ2n) is 3.95. The molecule has 0 saturated heterocycles. The van der Waals surface area contributed by atoms with Crippen LogP contribution in [0.1, 0.15) is 18.3 Å². The number of hydrogen-bond acceptors (Lipinski definition) is 4. The van der Waals surface area contributed by atoms with Crippen molar-refractivity contribution in [2.75, 3.05) is 26.2 Å². The van der Waals surface area contributed by atoms with Gasteiger partial charge in [-0.15, -0.1) is 0 Å². The Bertz CT molecular complexity index is 301. The monoisotopic (exact) mass is 225 g/mol. The second-order valence-corrected chi connectivity index (χ2v) is 3.95. The zero-order valence-electron chi connectivity index (χ0n) is 10.3. The van der Waals surface area contributed by atoms with Gasteiger partial charge in [-0.05, 0) is 19.9 Å². The topological polar surface area (TPSA) is 73.1 Å². The minimum absolute atomic E-state index is 0.666. The van der Waals surface area contributed by atoms with Crippen LogP contribution in [0.4, 0.5) is 0 Å². The molecule has 0 unspecified atom stereocenters. The van der Waals surface area contributed by atoms with E-state index in [4.69, 9.17) is 11.5 Å². The third-order valence-corrected chi connectivity index (χ3v) is 2.56. The summed E-state index contributed by atoms with van der Waals surface area (Å²) in [7, 11) is 0. The molecule has 0 aromatic carbocycles. The number of aromatic nitrogens is 2. The van der Waals surface area contributed by atoms with Crippen molar-refractivity contribution in [2.45, 2.75) is 26.9 Å². The third kappa shape index (κ3) is 3.59. The zero-order chi connectivity index (χ0) is 12.0. The van der Waals surface area contributed by atoms with Gasteiger partial charge in [0.2, 0.25) is 0 Å². The van der Waals surface area contributed by atoms with Gasteiger partial charge in [0.25, 0.3) is 0 Å². The summed E-state index contributed by atoms with van der Waals surface area (Å²) in [5, 5.41) is 4.43. The van der Waals surface area contributed by atoms with Crippen LogP contribution in [-0.2, 0) is 13.1 Å². The van der Waals surface area contributed by atoms with Gasteiger partial charge in [-0.2, -0.15) is 5.10 Å². The Morgan fingerprint density at radius 3 is 2.44 bits per heavy atom. The van der Waals surface area contributed by atoms with Crippen molar-refractivity contribution < 1.29 is 0 Å². The Labute approximate surface area is 97.4 Å². The summed E-state index contributed by atoms with van der Waals surface area (Å²) in [6, 6.07) is 2.13. The largest absolute Gasteiger partial charge is 0.329 e. The number of rotatable bonds is 7. The predicted octanol–water partition coefficient (Wildman–Crippen LogP) is -0.0692. The average Bonchev–Trinajstić information content (AvgIpc) is 2.59. The first-order valence-corrected chi connectivity index (χ1v) is 5.87. The molecular formula is C11H23N5. The lowest BCUT2D eigenvalue weighted by Crippen LogP contribution is -2.34. The Morgan fingerprint density at radius 2 is 1.94 bits per heavy atom. The van der Waals surface area contributed by atoms with Gasteiger partial charge >= 0.3 is 0 Å². The van der Waals surface area contributed by atoms with Crippen molar-refractivity contribution in [3.05, 3.63) is 17.5 Å². The van der Waals surface area contributed by atoms with Crippen molar-refractivity contribution in [3.63, 3.8) is 0 Å². The van der Waals surface area contributed by atoms with Gasteiger partial charge in [0.15, 0.2) is 0 Å². The standard InChI is InChI=1S/C11H23N5/c1-3-16-11(8-10(2)14-16)9-15(6-4-12)7-5-13/h8H,3-7,9,12-13H2,1-2H3. The Morgan fingerprint density at radius 1 is 1.31 bits per heavy atom. The average molecular weight is 225 g/mol. The van der Waals surface area contributed by atoms with Gasteiger partial charge < -0.3 is 11.5 Å². The van der Waals surface area contributed by atoms with Crippen LogP contribution in [0.3, 0.4) is 0 Å². The van der Waals surface area contributed by atoms with Crippen molar-refractivity contribution in [3.8, 4) is 0 Å². The fraction of sp³-hybridized carbons (Fsp3) is 0.727. The van der Waals surface area contributed by atoms with Crippen molar-refractivity contribution >= 4 is 0 Å². The SMILES string of the molecule is CCn1nc(C)cc1CN(CCN)CCN. The number of aryl methyl sites for hydroxylation is 2. The number of nitrogens with two attached hydrogens (primary N) is 2. The molecule has 0 radical (unpaired) electrons. The molecule has 0 aliphatic heterocycles. The second kappa shape index (κ2) is 6.62. The summed E-state index contributed by atoms with van der Waals surface area (Å²) in [5.74, 6) is 0. The highest BCUT2D eigenvalue weighted by Gasteiger charge is 2.09. The Balaban J connectivity index is 2.67. The highest BCUT2D eigenvalue weighted by Crippen LogP contribution is 2.07. The smallest absolute Gasteiger partial charge is 0.0597 e. The Hall–Kier alpha value is -0.910. The first-order valence-electron chi connectivity index (χ1n) is 5.87. The van der Waals surface area contributed by atoms with E-state index in [1.54, 1.807) is 0 Å². The minimum atomic E-state index is 0.666. The molecule has 0 amide bonds. The van der Waals surface area contributed by atoms with Gasteiger partial charge in [-0.3, -0.25) is 9.58 Å². The van der Waals surface area contributed by atoms with E-state index in [0.29, 0.717) is 13.1 Å². The minimum Gasteiger partial charge on any atom is -0.329 e. The first kappa shape index (κ1) is 13.2. The fourth-order valence-corrected chi connectivity index (χ4v) is 1.86. The lowest BCUT2D eigenvalue weighted by Gasteiger charge is -2.20. The maximum Gasteiger partial charge on any atom is 0.0597 e. The lowest BCUT2D eigenvalue weighted by molar-refractivity contribution is 0.272.